The summed E-state index contributed by atoms with van der Waals surface area (Å²) in [6.07, 6.45) is 13.0. The molecule has 0 saturated carbocycles. The van der Waals surface area contributed by atoms with Crippen molar-refractivity contribution >= 4 is 0 Å². The molecule has 0 aliphatic carbocycles. The first-order chi connectivity index (χ1) is 6.93. The zero-order valence-corrected chi connectivity index (χ0v) is 9.86. The third-order valence-electron chi connectivity index (χ3n) is 3.36. The normalized spacial score (nSPS) is 22.5. The third kappa shape index (κ3) is 5.64. The van der Waals surface area contributed by atoms with Crippen LogP contribution < -0.4 is 5.32 Å². The van der Waals surface area contributed by atoms with Gasteiger partial charge in [-0.2, -0.15) is 0 Å². The number of rotatable bonds is 7. The van der Waals surface area contributed by atoms with Crippen LogP contribution in [0.3, 0.4) is 0 Å². The maximum Gasteiger partial charge on any atom is -0.00205 e. The smallest absolute Gasteiger partial charge is 0.00205 e. The van der Waals surface area contributed by atoms with Gasteiger partial charge < -0.3 is 5.32 Å². The maximum atomic E-state index is 3.50. The predicted octanol–water partition coefficient (Wildman–Crippen LogP) is 3.74. The second kappa shape index (κ2) is 8.28. The Morgan fingerprint density at radius 1 is 1.07 bits per heavy atom. The van der Waals surface area contributed by atoms with Gasteiger partial charge in [0.15, 0.2) is 0 Å². The van der Waals surface area contributed by atoms with Crippen molar-refractivity contribution in [1.82, 2.24) is 5.32 Å². The summed E-state index contributed by atoms with van der Waals surface area (Å²) in [6.45, 7) is 4.83. The Hall–Kier alpha value is -0.0400. The molecule has 1 aliphatic rings. The fourth-order valence-electron chi connectivity index (χ4n) is 2.38. The van der Waals surface area contributed by atoms with Crippen LogP contribution in [0.2, 0.25) is 0 Å². The first-order valence-corrected chi connectivity index (χ1v) is 6.64. The van der Waals surface area contributed by atoms with Crippen LogP contribution >= 0.6 is 0 Å². The van der Waals surface area contributed by atoms with Crippen molar-refractivity contribution in [2.45, 2.75) is 64.7 Å². The molecule has 84 valence electrons. The minimum atomic E-state index is 0.995. The lowest BCUT2D eigenvalue weighted by Crippen LogP contribution is -2.29. The van der Waals surface area contributed by atoms with E-state index in [1.807, 2.05) is 0 Å². The van der Waals surface area contributed by atoms with Crippen LogP contribution in [0.15, 0.2) is 0 Å². The molecule has 0 spiro atoms. The lowest BCUT2D eigenvalue weighted by Gasteiger charge is -2.22. The summed E-state index contributed by atoms with van der Waals surface area (Å²) in [5.41, 5.74) is 0. The average Bonchev–Trinajstić information content (AvgIpc) is 2.25. The Bertz CT molecular complexity index is 116. The molecule has 0 aromatic rings. The fourth-order valence-corrected chi connectivity index (χ4v) is 2.38. The molecule has 1 heterocycles. The van der Waals surface area contributed by atoms with E-state index in [2.05, 4.69) is 12.2 Å². The Balaban J connectivity index is 1.82. The quantitative estimate of drug-likeness (QED) is 0.613. The number of hydrogen-bond donors (Lipinski definition) is 1. The standard InChI is InChI=1S/C13H27N/c1-2-3-4-5-6-7-9-13-10-8-11-14-12-13/h13-14H,2-12H2,1H3/t13-/m1/s1. The lowest BCUT2D eigenvalue weighted by molar-refractivity contribution is 0.345. The van der Waals surface area contributed by atoms with Gasteiger partial charge in [-0.3, -0.25) is 0 Å². The molecular formula is C13H27N. The van der Waals surface area contributed by atoms with Gasteiger partial charge in [-0.1, -0.05) is 45.4 Å². The molecule has 1 atom stereocenters. The fraction of sp³-hybridized carbons (Fsp3) is 1.00. The molecule has 0 bridgehead atoms. The Morgan fingerprint density at radius 2 is 1.86 bits per heavy atom. The van der Waals surface area contributed by atoms with Crippen molar-refractivity contribution in [2.75, 3.05) is 13.1 Å². The molecule has 1 heteroatoms. The van der Waals surface area contributed by atoms with Gasteiger partial charge in [0.05, 0.1) is 0 Å². The van der Waals surface area contributed by atoms with E-state index in [9.17, 15) is 0 Å². The van der Waals surface area contributed by atoms with Gasteiger partial charge in [0.2, 0.25) is 0 Å². The average molecular weight is 197 g/mol. The van der Waals surface area contributed by atoms with Gasteiger partial charge in [-0.25, -0.2) is 0 Å². The molecule has 1 nitrogen and oxygen atoms in total. The molecular weight excluding hydrogens is 170 g/mol. The topological polar surface area (TPSA) is 12.0 Å². The van der Waals surface area contributed by atoms with E-state index in [1.54, 1.807) is 0 Å². The zero-order chi connectivity index (χ0) is 10.1. The maximum absolute atomic E-state index is 3.50. The number of nitrogens with one attached hydrogen (secondary N) is 1. The highest BCUT2D eigenvalue weighted by molar-refractivity contribution is 4.68. The van der Waals surface area contributed by atoms with E-state index in [-0.39, 0.29) is 0 Å². The van der Waals surface area contributed by atoms with Crippen LogP contribution in [0.25, 0.3) is 0 Å². The Morgan fingerprint density at radius 3 is 2.57 bits per heavy atom. The summed E-state index contributed by atoms with van der Waals surface area (Å²) in [4.78, 5) is 0. The first-order valence-electron chi connectivity index (χ1n) is 6.64. The van der Waals surface area contributed by atoms with Gasteiger partial charge >= 0.3 is 0 Å². The Labute approximate surface area is 89.7 Å². The molecule has 0 amide bonds. The molecule has 0 unspecified atom stereocenters. The third-order valence-corrected chi connectivity index (χ3v) is 3.36. The van der Waals surface area contributed by atoms with Gasteiger partial charge in [0.25, 0.3) is 0 Å². The van der Waals surface area contributed by atoms with E-state index < -0.39 is 0 Å². The molecule has 0 aromatic heterocycles. The van der Waals surface area contributed by atoms with Gasteiger partial charge in [-0.15, -0.1) is 0 Å². The summed E-state index contributed by atoms with van der Waals surface area (Å²) in [6, 6.07) is 0. The van der Waals surface area contributed by atoms with Crippen LogP contribution in [0.4, 0.5) is 0 Å². The number of unbranched alkanes of at least 4 members (excludes halogenated alkanes) is 5. The number of hydrogen-bond acceptors (Lipinski definition) is 1. The summed E-state index contributed by atoms with van der Waals surface area (Å²) in [5.74, 6) is 0.995. The largest absolute Gasteiger partial charge is 0.316 e. The van der Waals surface area contributed by atoms with Crippen molar-refractivity contribution in [2.24, 2.45) is 5.92 Å². The highest BCUT2D eigenvalue weighted by atomic mass is 14.9. The molecule has 14 heavy (non-hydrogen) atoms. The summed E-state index contributed by atoms with van der Waals surface area (Å²) in [5, 5.41) is 3.50. The van der Waals surface area contributed by atoms with Crippen LogP contribution in [-0.4, -0.2) is 13.1 Å². The van der Waals surface area contributed by atoms with E-state index in [4.69, 9.17) is 0 Å². The second-order valence-electron chi connectivity index (χ2n) is 4.77. The number of piperidine rings is 1. The molecule has 1 saturated heterocycles. The van der Waals surface area contributed by atoms with Crippen LogP contribution in [-0.2, 0) is 0 Å². The van der Waals surface area contributed by atoms with Crippen molar-refractivity contribution in [3.05, 3.63) is 0 Å². The van der Waals surface area contributed by atoms with Gasteiger partial charge in [-0.05, 0) is 38.3 Å². The van der Waals surface area contributed by atoms with E-state index in [0.717, 1.165) is 5.92 Å². The van der Waals surface area contributed by atoms with Crippen molar-refractivity contribution in [3.8, 4) is 0 Å². The molecule has 0 radical (unpaired) electrons. The molecule has 0 aromatic carbocycles. The van der Waals surface area contributed by atoms with E-state index in [0.29, 0.717) is 0 Å². The van der Waals surface area contributed by atoms with E-state index in [1.165, 1.54) is 70.9 Å². The second-order valence-corrected chi connectivity index (χ2v) is 4.77. The molecule has 1 N–H and O–H groups in total. The van der Waals surface area contributed by atoms with Crippen molar-refractivity contribution in [1.29, 1.82) is 0 Å². The van der Waals surface area contributed by atoms with Gasteiger partial charge in [0.1, 0.15) is 0 Å². The lowest BCUT2D eigenvalue weighted by atomic mass is 9.93. The zero-order valence-electron chi connectivity index (χ0n) is 9.86. The molecule has 1 aliphatic heterocycles. The van der Waals surface area contributed by atoms with E-state index >= 15 is 0 Å². The molecule has 1 fully saturated rings. The highest BCUT2D eigenvalue weighted by Gasteiger charge is 2.11. The van der Waals surface area contributed by atoms with Crippen LogP contribution in [0.5, 0.6) is 0 Å². The van der Waals surface area contributed by atoms with Crippen LogP contribution in [0.1, 0.15) is 64.7 Å². The van der Waals surface area contributed by atoms with Gasteiger partial charge in [0, 0.05) is 0 Å². The Kier molecular flexibility index (Phi) is 7.12. The summed E-state index contributed by atoms with van der Waals surface area (Å²) < 4.78 is 0. The first kappa shape index (κ1) is 12.0. The minimum Gasteiger partial charge on any atom is -0.316 e. The van der Waals surface area contributed by atoms with Crippen LogP contribution in [0, 0.1) is 5.92 Å². The predicted molar refractivity (Wildman–Crippen MR) is 63.6 cm³/mol. The summed E-state index contributed by atoms with van der Waals surface area (Å²) in [7, 11) is 0. The summed E-state index contributed by atoms with van der Waals surface area (Å²) >= 11 is 0. The molecule has 1 rings (SSSR count). The SMILES string of the molecule is CCCCCCCC[C@@H]1CCCNC1. The van der Waals surface area contributed by atoms with Crippen molar-refractivity contribution in [3.63, 3.8) is 0 Å². The minimum absolute atomic E-state index is 0.995. The highest BCUT2D eigenvalue weighted by Crippen LogP contribution is 2.18. The van der Waals surface area contributed by atoms with Crippen molar-refractivity contribution < 1.29 is 0 Å². The monoisotopic (exact) mass is 197 g/mol.